The number of hydrogen-bond acceptors (Lipinski definition) is 4. The second kappa shape index (κ2) is 8.46. The van der Waals surface area contributed by atoms with Crippen LogP contribution in [0, 0.1) is 18.8 Å². The molecule has 0 aliphatic carbocycles. The molecule has 0 N–H and O–H groups in total. The molecule has 1 aliphatic rings. The number of carbonyl (C=O) groups is 2. The molecular formula is C25H16ClNO4S. The van der Waals surface area contributed by atoms with Gasteiger partial charge in [0.15, 0.2) is 0 Å². The number of nitrogens with zero attached hydrogens (tertiary/aromatic N) is 1. The van der Waals surface area contributed by atoms with Gasteiger partial charge in [0.25, 0.3) is 21.8 Å². The minimum atomic E-state index is -4.42. The van der Waals surface area contributed by atoms with Crippen molar-refractivity contribution in [1.82, 2.24) is 4.31 Å². The molecule has 0 fully saturated rings. The van der Waals surface area contributed by atoms with Gasteiger partial charge in [-0.05, 0) is 48.9 Å². The average Bonchev–Trinajstić information content (AvgIpc) is 3.04. The maximum Gasteiger partial charge on any atom is 0.284 e. The highest BCUT2D eigenvalue weighted by Gasteiger charge is 2.46. The molecule has 0 saturated carbocycles. The molecule has 5 nitrogen and oxygen atoms in total. The van der Waals surface area contributed by atoms with E-state index in [4.69, 9.17) is 11.6 Å². The summed E-state index contributed by atoms with van der Waals surface area (Å²) >= 11 is 5.95. The first-order chi connectivity index (χ1) is 15.3. The summed E-state index contributed by atoms with van der Waals surface area (Å²) in [5.41, 5.74) is 1.56. The number of rotatable bonds is 3. The Morgan fingerprint density at radius 3 is 2.03 bits per heavy atom. The molecular weight excluding hydrogens is 446 g/mol. The van der Waals surface area contributed by atoms with Crippen molar-refractivity contribution >= 4 is 39.0 Å². The molecule has 1 heterocycles. The lowest BCUT2D eigenvalue weighted by molar-refractivity contribution is -0.130. The lowest BCUT2D eigenvalue weighted by Crippen LogP contribution is -2.37. The van der Waals surface area contributed by atoms with Crippen molar-refractivity contribution in [3.63, 3.8) is 0 Å². The van der Waals surface area contributed by atoms with Gasteiger partial charge in [0, 0.05) is 10.6 Å². The summed E-state index contributed by atoms with van der Waals surface area (Å²) in [7, 11) is -4.42. The van der Waals surface area contributed by atoms with E-state index >= 15 is 0 Å². The number of sulfonamides is 1. The van der Waals surface area contributed by atoms with Crippen LogP contribution in [-0.4, -0.2) is 24.5 Å². The van der Waals surface area contributed by atoms with Crippen molar-refractivity contribution in [1.29, 1.82) is 0 Å². The highest BCUT2D eigenvalue weighted by atomic mass is 35.5. The third kappa shape index (κ3) is 3.96. The Labute approximate surface area is 191 Å². The van der Waals surface area contributed by atoms with E-state index in [0.717, 1.165) is 5.56 Å². The lowest BCUT2D eigenvalue weighted by Gasteiger charge is -2.15. The van der Waals surface area contributed by atoms with E-state index in [9.17, 15) is 18.0 Å². The number of aryl methyl sites for hydroxylation is 1. The highest BCUT2D eigenvalue weighted by molar-refractivity contribution is 7.90. The van der Waals surface area contributed by atoms with Crippen LogP contribution in [0.4, 0.5) is 0 Å². The Morgan fingerprint density at radius 1 is 0.781 bits per heavy atom. The quantitative estimate of drug-likeness (QED) is 0.432. The largest absolute Gasteiger partial charge is 0.284 e. The summed E-state index contributed by atoms with van der Waals surface area (Å²) < 4.78 is 26.7. The minimum absolute atomic E-state index is 0.0780. The molecule has 0 radical (unpaired) electrons. The van der Waals surface area contributed by atoms with Gasteiger partial charge in [-0.3, -0.25) is 9.59 Å². The molecule has 2 amide bonds. The molecule has 0 aromatic heterocycles. The maximum absolute atomic E-state index is 13.3. The van der Waals surface area contributed by atoms with Crippen molar-refractivity contribution in [3.05, 3.63) is 106 Å². The van der Waals surface area contributed by atoms with Crippen molar-refractivity contribution < 1.29 is 18.0 Å². The summed E-state index contributed by atoms with van der Waals surface area (Å²) in [6.07, 6.45) is 0. The topological polar surface area (TPSA) is 71.5 Å². The number of amides is 2. The normalized spacial score (nSPS) is 13.9. The third-order valence-electron chi connectivity index (χ3n) is 4.84. The Morgan fingerprint density at radius 2 is 1.41 bits per heavy atom. The molecule has 0 atom stereocenters. The number of hydrogen-bond donors (Lipinski definition) is 0. The van der Waals surface area contributed by atoms with Crippen LogP contribution in [0.3, 0.4) is 0 Å². The smallest absolute Gasteiger partial charge is 0.267 e. The first-order valence-corrected chi connectivity index (χ1v) is 11.4. The van der Waals surface area contributed by atoms with Crippen LogP contribution in [0.1, 0.15) is 16.7 Å². The van der Waals surface area contributed by atoms with Crippen LogP contribution in [-0.2, 0) is 19.6 Å². The molecule has 3 aromatic rings. The van der Waals surface area contributed by atoms with Gasteiger partial charge in [-0.1, -0.05) is 71.5 Å². The molecule has 3 aromatic carbocycles. The van der Waals surface area contributed by atoms with E-state index < -0.39 is 21.8 Å². The zero-order chi connectivity index (χ0) is 22.9. The Kier molecular flexibility index (Phi) is 5.70. The fraction of sp³-hybridized carbons (Fsp3) is 0.0400. The summed E-state index contributed by atoms with van der Waals surface area (Å²) in [5, 5.41) is 0.437. The molecule has 0 spiro atoms. The predicted octanol–water partition coefficient (Wildman–Crippen LogP) is 4.21. The Hall–Kier alpha value is -3.66. The predicted molar refractivity (Wildman–Crippen MR) is 122 cm³/mol. The summed E-state index contributed by atoms with van der Waals surface area (Å²) in [4.78, 5) is 26.3. The van der Waals surface area contributed by atoms with Gasteiger partial charge in [-0.25, -0.2) is 8.42 Å². The molecule has 1 aliphatic heterocycles. The zero-order valence-electron chi connectivity index (χ0n) is 16.9. The average molecular weight is 462 g/mol. The van der Waals surface area contributed by atoms with Crippen molar-refractivity contribution in [3.8, 4) is 11.8 Å². The Balaban J connectivity index is 1.86. The number of imide groups is 1. The summed E-state index contributed by atoms with van der Waals surface area (Å²) in [5.74, 6) is 3.63. The van der Waals surface area contributed by atoms with E-state index in [2.05, 4.69) is 11.8 Å². The van der Waals surface area contributed by atoms with Crippen LogP contribution in [0.5, 0.6) is 0 Å². The van der Waals surface area contributed by atoms with Crippen LogP contribution in [0.15, 0.2) is 89.3 Å². The van der Waals surface area contributed by atoms with E-state index in [1.54, 1.807) is 67.6 Å². The number of benzene rings is 3. The minimum Gasteiger partial charge on any atom is -0.267 e. The van der Waals surface area contributed by atoms with Gasteiger partial charge >= 0.3 is 0 Å². The molecule has 0 unspecified atom stereocenters. The van der Waals surface area contributed by atoms with Gasteiger partial charge in [-0.2, -0.15) is 4.31 Å². The van der Waals surface area contributed by atoms with Crippen LogP contribution < -0.4 is 0 Å². The van der Waals surface area contributed by atoms with Crippen LogP contribution in [0.25, 0.3) is 5.57 Å². The molecule has 158 valence electrons. The van der Waals surface area contributed by atoms with Crippen molar-refractivity contribution in [2.45, 2.75) is 11.8 Å². The van der Waals surface area contributed by atoms with Crippen LogP contribution >= 0.6 is 11.6 Å². The van der Waals surface area contributed by atoms with E-state index in [1.165, 1.54) is 12.1 Å². The summed E-state index contributed by atoms with van der Waals surface area (Å²) in [6.45, 7) is 1.81. The molecule has 32 heavy (non-hydrogen) atoms. The standard InChI is InChI=1S/C25H16ClNO4S/c1-17-7-14-21(15-8-17)32(30,31)27-24(28)22(16-9-18-5-3-2-4-6-18)23(25(27)29)19-10-12-20(26)13-11-19/h2-8,10-15H,1H3. The van der Waals surface area contributed by atoms with E-state index in [0.29, 0.717) is 16.1 Å². The fourth-order valence-electron chi connectivity index (χ4n) is 3.20. The Bertz CT molecular complexity index is 1410. The first-order valence-electron chi connectivity index (χ1n) is 9.57. The lowest BCUT2D eigenvalue weighted by atomic mass is 10.0. The van der Waals surface area contributed by atoms with Gasteiger partial charge in [0.2, 0.25) is 0 Å². The fourth-order valence-corrected chi connectivity index (χ4v) is 4.64. The van der Waals surface area contributed by atoms with Gasteiger partial charge in [-0.15, -0.1) is 0 Å². The highest BCUT2D eigenvalue weighted by Crippen LogP contribution is 2.33. The van der Waals surface area contributed by atoms with Crippen LogP contribution in [0.2, 0.25) is 5.02 Å². The molecule has 7 heteroatoms. The third-order valence-corrected chi connectivity index (χ3v) is 6.78. The molecule has 0 saturated heterocycles. The monoisotopic (exact) mass is 461 g/mol. The second-order valence-electron chi connectivity index (χ2n) is 7.07. The molecule has 0 bridgehead atoms. The number of carbonyl (C=O) groups excluding carboxylic acids is 2. The molecule has 4 rings (SSSR count). The SMILES string of the molecule is Cc1ccc(S(=O)(=O)N2C(=O)C(C#Cc3ccccc3)=C(c3ccc(Cl)cc3)C2=O)cc1. The first kappa shape index (κ1) is 21.6. The van der Waals surface area contributed by atoms with E-state index in [1.807, 2.05) is 6.07 Å². The van der Waals surface area contributed by atoms with Gasteiger partial charge in [0.05, 0.1) is 10.5 Å². The van der Waals surface area contributed by atoms with Crippen molar-refractivity contribution in [2.75, 3.05) is 0 Å². The van der Waals surface area contributed by atoms with E-state index in [-0.39, 0.29) is 20.3 Å². The maximum atomic E-state index is 13.3. The zero-order valence-corrected chi connectivity index (χ0v) is 18.4. The van der Waals surface area contributed by atoms with Gasteiger partial charge in [0.1, 0.15) is 5.57 Å². The second-order valence-corrected chi connectivity index (χ2v) is 9.29. The summed E-state index contributed by atoms with van der Waals surface area (Å²) in [6, 6.07) is 21.0. The van der Waals surface area contributed by atoms with Gasteiger partial charge < -0.3 is 0 Å². The van der Waals surface area contributed by atoms with Crippen molar-refractivity contribution in [2.24, 2.45) is 0 Å². The number of halogens is 1.